The number of benzene rings is 2. The average molecular weight is 905 g/mol. The number of hydrogen-bond donors (Lipinski definition) is 5. The van der Waals surface area contributed by atoms with E-state index in [0.29, 0.717) is 24.6 Å². The van der Waals surface area contributed by atoms with E-state index in [1.165, 1.54) is 14.2 Å². The summed E-state index contributed by atoms with van der Waals surface area (Å²) in [7, 11) is 2.52. The highest BCUT2D eigenvalue weighted by Gasteiger charge is 2.41. The number of aliphatic hydroxyl groups is 1. The number of amides is 4. The topological polar surface area (TPSA) is 195 Å². The van der Waals surface area contributed by atoms with E-state index in [1.807, 2.05) is 70.2 Å². The van der Waals surface area contributed by atoms with Crippen LogP contribution in [0.1, 0.15) is 89.2 Å². The second kappa shape index (κ2) is 23.5. The van der Waals surface area contributed by atoms with Crippen molar-refractivity contribution in [3.8, 4) is 23.1 Å². The van der Waals surface area contributed by atoms with E-state index in [4.69, 9.17) is 14.5 Å². The number of ether oxygens (including phenoxy) is 2. The Morgan fingerprint density at radius 2 is 1.37 bits per heavy atom. The Morgan fingerprint density at radius 3 is 1.95 bits per heavy atom. The lowest BCUT2D eigenvalue weighted by atomic mass is 10.0. The summed E-state index contributed by atoms with van der Waals surface area (Å²) >= 11 is 0. The van der Waals surface area contributed by atoms with E-state index in [1.54, 1.807) is 16.0 Å². The van der Waals surface area contributed by atoms with Gasteiger partial charge in [-0.1, -0.05) is 59.1 Å². The van der Waals surface area contributed by atoms with Gasteiger partial charge in [0.25, 0.3) is 0 Å². The molecule has 0 radical (unpaired) electrons. The lowest BCUT2D eigenvalue weighted by molar-refractivity contribution is -0.136. The second-order valence-electron chi connectivity index (χ2n) is 14.7. The van der Waals surface area contributed by atoms with E-state index in [-0.39, 0.29) is 97.6 Å². The Bertz CT molecular complexity index is 2120. The van der Waals surface area contributed by atoms with Crippen molar-refractivity contribution in [2.45, 2.75) is 84.7 Å². The molecule has 0 aliphatic carbocycles. The molecule has 60 heavy (non-hydrogen) atoms. The number of carbonyl (C=O) groups is 4. The van der Waals surface area contributed by atoms with Crippen LogP contribution in [0.5, 0.6) is 0 Å². The van der Waals surface area contributed by atoms with Crippen molar-refractivity contribution in [3.63, 3.8) is 0 Å². The Labute approximate surface area is 379 Å². The van der Waals surface area contributed by atoms with E-state index < -0.39 is 36.4 Å². The minimum atomic E-state index is -0.816. The number of methoxy groups -OCH3 is 2. The molecule has 2 aromatic carbocycles. The number of H-pyrrole nitrogens is 2. The Morgan fingerprint density at radius 1 is 0.800 bits per heavy atom. The standard InChI is InChI=1S/C40H48N8O7.CH4.4H2S/c1-22(2)33(45-39(52)54-5)37(50)47-17-7-8-31(47)36-42-28-16-13-25(18-29(28)43-36)10-9-24-11-14-26(15-12-24)30-20-41-35(44-30)32-19-27(49)21-48(32)38(51)34(23(3)4)46-40(53)55-6;;;;;/h11-16,18,20,22-23,27,31-34,49H,7-8,17,19,21H2,1-6H3,(H,41,44)(H,42,43)(H,45,52)(H,46,53);1H4;4*1H2/t27-,31+,32+,33+,34+;;;;;/m1...../s1. The Hall–Kier alpha value is -4.48. The molecule has 2 saturated heterocycles. The van der Waals surface area contributed by atoms with Crippen LogP contribution in [-0.2, 0) is 19.1 Å². The minimum absolute atomic E-state index is 0. The van der Waals surface area contributed by atoms with E-state index in [9.17, 15) is 24.3 Å². The van der Waals surface area contributed by atoms with Gasteiger partial charge < -0.3 is 45.0 Å². The summed E-state index contributed by atoms with van der Waals surface area (Å²) in [5, 5.41) is 15.8. The summed E-state index contributed by atoms with van der Waals surface area (Å²) in [5.74, 6) is 6.91. The molecule has 15 nitrogen and oxygen atoms in total. The molecule has 0 spiro atoms. The van der Waals surface area contributed by atoms with Crippen molar-refractivity contribution < 1.29 is 33.8 Å². The van der Waals surface area contributed by atoms with Crippen LogP contribution in [0.25, 0.3) is 22.3 Å². The zero-order chi connectivity index (χ0) is 39.4. The largest absolute Gasteiger partial charge is 0.453 e. The zero-order valence-electron chi connectivity index (χ0n) is 33.9. The number of aliphatic hydroxyl groups excluding tert-OH is 1. The number of aromatic nitrogens is 4. The third kappa shape index (κ3) is 12.1. The molecule has 0 saturated carbocycles. The molecular weight excluding hydrogens is 845 g/mol. The summed E-state index contributed by atoms with van der Waals surface area (Å²) in [6.45, 7) is 8.15. The number of carbonyl (C=O) groups excluding carboxylic acids is 4. The Kier molecular flexibility index (Phi) is 21.0. The molecule has 4 heterocycles. The molecule has 330 valence electrons. The van der Waals surface area contributed by atoms with Crippen LogP contribution in [0.15, 0.2) is 48.7 Å². The van der Waals surface area contributed by atoms with Gasteiger partial charge in [-0.25, -0.2) is 19.6 Å². The predicted octanol–water partition coefficient (Wildman–Crippen LogP) is 5.50. The van der Waals surface area contributed by atoms with Gasteiger partial charge >= 0.3 is 12.2 Å². The van der Waals surface area contributed by atoms with Crippen LogP contribution >= 0.6 is 54.0 Å². The highest BCUT2D eigenvalue weighted by Crippen LogP contribution is 2.34. The average Bonchev–Trinajstić information content (AvgIpc) is 4.00. The number of alkyl carbamates (subject to hydrolysis) is 2. The third-order valence-corrected chi connectivity index (χ3v) is 10.2. The van der Waals surface area contributed by atoms with Gasteiger partial charge in [0.05, 0.1) is 55.3 Å². The number of nitrogens with one attached hydrogen (secondary N) is 4. The van der Waals surface area contributed by atoms with Gasteiger partial charge in [-0.15, -0.1) is 0 Å². The summed E-state index contributed by atoms with van der Waals surface area (Å²) in [5.41, 5.74) is 4.81. The normalized spacial score (nSPS) is 17.6. The van der Waals surface area contributed by atoms with E-state index in [2.05, 4.69) is 37.4 Å². The fourth-order valence-corrected chi connectivity index (χ4v) is 7.18. The number of aromatic amines is 2. The van der Waals surface area contributed by atoms with Crippen LogP contribution < -0.4 is 10.6 Å². The van der Waals surface area contributed by atoms with Gasteiger partial charge in [-0.05, 0) is 60.6 Å². The molecule has 2 aliphatic heterocycles. The van der Waals surface area contributed by atoms with Gasteiger partial charge in [0.15, 0.2) is 0 Å². The number of hydrogen-bond acceptors (Lipinski definition) is 9. The van der Waals surface area contributed by atoms with Crippen molar-refractivity contribution >= 4 is 89.0 Å². The maximum atomic E-state index is 13.5. The van der Waals surface area contributed by atoms with Crippen molar-refractivity contribution in [1.29, 1.82) is 0 Å². The number of imidazole rings is 2. The predicted molar refractivity (Wildman–Crippen MR) is 251 cm³/mol. The highest BCUT2D eigenvalue weighted by molar-refractivity contribution is 7.59. The summed E-state index contributed by atoms with van der Waals surface area (Å²) < 4.78 is 9.46. The lowest BCUT2D eigenvalue weighted by Crippen LogP contribution is -2.51. The number of likely N-dealkylation sites (tertiary alicyclic amines) is 2. The molecule has 6 rings (SSSR count). The number of rotatable bonds is 9. The fourth-order valence-electron chi connectivity index (χ4n) is 7.18. The van der Waals surface area contributed by atoms with Crippen molar-refractivity contribution in [1.82, 2.24) is 40.4 Å². The highest BCUT2D eigenvalue weighted by atomic mass is 32.1. The lowest BCUT2D eigenvalue weighted by Gasteiger charge is -2.29. The van der Waals surface area contributed by atoms with Crippen LogP contribution in [-0.4, -0.2) is 104 Å². The second-order valence-corrected chi connectivity index (χ2v) is 14.7. The number of fused-ring (bicyclic) bond motifs is 1. The molecule has 2 aliphatic rings. The molecule has 0 bridgehead atoms. The first-order valence-electron chi connectivity index (χ1n) is 18.5. The van der Waals surface area contributed by atoms with Crippen molar-refractivity contribution in [3.05, 3.63) is 71.4 Å². The van der Waals surface area contributed by atoms with Crippen LogP contribution in [0.3, 0.4) is 0 Å². The molecule has 0 unspecified atom stereocenters. The first-order chi connectivity index (χ1) is 26.4. The molecule has 5 N–H and O–H groups in total. The van der Waals surface area contributed by atoms with Crippen molar-refractivity contribution in [2.24, 2.45) is 11.8 Å². The van der Waals surface area contributed by atoms with Gasteiger partial charge in [0.2, 0.25) is 11.8 Å². The quantitative estimate of drug-likeness (QED) is 0.135. The van der Waals surface area contributed by atoms with Gasteiger partial charge in [0, 0.05) is 30.6 Å². The summed E-state index contributed by atoms with van der Waals surface area (Å²) in [6.07, 6.45) is 1.54. The van der Waals surface area contributed by atoms with Gasteiger partial charge in [0.1, 0.15) is 23.7 Å². The smallest absolute Gasteiger partial charge is 0.407 e. The molecule has 2 aromatic heterocycles. The minimum Gasteiger partial charge on any atom is -0.453 e. The number of nitrogens with zero attached hydrogens (tertiary/aromatic N) is 4. The number of β-amino-alcohol motifs (C(OH)–C–C–N with tert-alkyl or cyclic N) is 1. The Balaban J connectivity index is 0.00000360. The fraction of sp³-hybridized carbons (Fsp3) is 0.463. The molecule has 4 amide bonds. The molecule has 19 heteroatoms. The van der Waals surface area contributed by atoms with E-state index in [0.717, 1.165) is 46.3 Å². The maximum Gasteiger partial charge on any atom is 0.407 e. The van der Waals surface area contributed by atoms with Crippen molar-refractivity contribution in [2.75, 3.05) is 27.3 Å². The van der Waals surface area contributed by atoms with Gasteiger partial charge in [-0.3, -0.25) is 9.59 Å². The maximum absolute atomic E-state index is 13.5. The summed E-state index contributed by atoms with van der Waals surface area (Å²) in [6, 6.07) is 11.2. The molecule has 4 aromatic rings. The van der Waals surface area contributed by atoms with Gasteiger partial charge in [-0.2, -0.15) is 54.0 Å². The SMILES string of the molecule is C.COC(=O)N[C@H](C(=O)N1C[C@H](O)C[C@H]1c1ncc(-c2ccc(C#Cc3ccc4nc([C@@H]5CCCN5C(=O)[C@@H](NC(=O)OC)C(C)C)[nH]c4c3)cc2)[nH]1)C(C)C.S.S.S.S. The first-order valence-corrected chi connectivity index (χ1v) is 18.5. The molecule has 5 atom stereocenters. The monoisotopic (exact) mass is 904 g/mol. The molecule has 2 fully saturated rings. The van der Waals surface area contributed by atoms with Crippen LogP contribution in [0, 0.1) is 23.7 Å². The summed E-state index contributed by atoms with van der Waals surface area (Å²) in [4.78, 5) is 70.4. The van der Waals surface area contributed by atoms with E-state index >= 15 is 0 Å². The molecular formula is C41H60N8O7S4. The third-order valence-electron chi connectivity index (χ3n) is 10.2. The van der Waals surface area contributed by atoms with Crippen LogP contribution in [0.2, 0.25) is 0 Å². The zero-order valence-corrected chi connectivity index (χ0v) is 37.9. The first kappa shape index (κ1) is 53.5. The van der Waals surface area contributed by atoms with Crippen LogP contribution in [0.4, 0.5) is 9.59 Å².